The van der Waals surface area contributed by atoms with Crippen LogP contribution < -0.4 is 0 Å². The Morgan fingerprint density at radius 3 is 2.47 bits per heavy atom. The van der Waals surface area contributed by atoms with Gasteiger partial charge in [0.2, 0.25) is 0 Å². The maximum atomic E-state index is 4.10. The molecule has 0 aromatic carbocycles. The number of allylic oxidation sites excluding steroid dienone is 3. The van der Waals surface area contributed by atoms with Gasteiger partial charge in [-0.3, -0.25) is 0 Å². The van der Waals surface area contributed by atoms with Crippen LogP contribution in [0.2, 0.25) is 0 Å². The van der Waals surface area contributed by atoms with Crippen LogP contribution in [-0.4, -0.2) is 0 Å². The van der Waals surface area contributed by atoms with E-state index in [9.17, 15) is 0 Å². The van der Waals surface area contributed by atoms with Crippen LogP contribution in [0.3, 0.4) is 0 Å². The van der Waals surface area contributed by atoms with E-state index in [0.717, 1.165) is 12.3 Å². The molecule has 0 aromatic heterocycles. The van der Waals surface area contributed by atoms with Gasteiger partial charge in [0.1, 0.15) is 0 Å². The van der Waals surface area contributed by atoms with E-state index in [1.165, 1.54) is 24.8 Å². The summed E-state index contributed by atoms with van der Waals surface area (Å²) in [6.07, 6.45) is 9.73. The fraction of sp³-hybridized carbons (Fsp3) is 0.733. The smallest absolute Gasteiger partial charge is 0.0109 e. The number of rotatable bonds is 3. The second-order valence-corrected chi connectivity index (χ2v) is 4.81. The lowest BCUT2D eigenvalue weighted by Gasteiger charge is -2.31. The number of hydrogen-bond acceptors (Lipinski definition) is 0. The van der Waals surface area contributed by atoms with Crippen LogP contribution in [0.1, 0.15) is 60.3 Å². The Kier molecular flexibility index (Phi) is 6.63. The molecule has 1 rings (SSSR count). The summed E-state index contributed by atoms with van der Waals surface area (Å²) in [7, 11) is 0. The van der Waals surface area contributed by atoms with Crippen molar-refractivity contribution in [2.75, 3.05) is 0 Å². The first-order valence-corrected chi connectivity index (χ1v) is 6.42. The SMILES string of the molecule is C=C(CC)CC1(C)C=CC(C)CC1.CC. The highest BCUT2D eigenvalue weighted by Gasteiger charge is 2.25. The minimum atomic E-state index is 0.402. The topological polar surface area (TPSA) is 0 Å². The van der Waals surface area contributed by atoms with E-state index in [0.29, 0.717) is 5.41 Å². The van der Waals surface area contributed by atoms with Crippen LogP contribution in [0.4, 0.5) is 0 Å². The summed E-state index contributed by atoms with van der Waals surface area (Å²) in [6, 6.07) is 0. The number of hydrogen-bond donors (Lipinski definition) is 0. The summed E-state index contributed by atoms with van der Waals surface area (Å²) < 4.78 is 0. The molecule has 2 atom stereocenters. The van der Waals surface area contributed by atoms with Gasteiger partial charge in [-0.05, 0) is 37.0 Å². The van der Waals surface area contributed by atoms with Crippen LogP contribution >= 0.6 is 0 Å². The quantitative estimate of drug-likeness (QED) is 0.548. The lowest BCUT2D eigenvalue weighted by Crippen LogP contribution is -2.19. The second kappa shape index (κ2) is 6.87. The van der Waals surface area contributed by atoms with Gasteiger partial charge in [0.15, 0.2) is 0 Å². The molecule has 0 aromatic rings. The average Bonchev–Trinajstić information content (AvgIpc) is 2.25. The molecule has 1 aliphatic rings. The molecule has 0 aliphatic heterocycles. The third-order valence-corrected chi connectivity index (χ3v) is 3.15. The maximum Gasteiger partial charge on any atom is -0.0109 e. The van der Waals surface area contributed by atoms with Crippen molar-refractivity contribution in [1.29, 1.82) is 0 Å². The van der Waals surface area contributed by atoms with Gasteiger partial charge >= 0.3 is 0 Å². The Hall–Kier alpha value is -0.520. The molecule has 0 nitrogen and oxygen atoms in total. The van der Waals surface area contributed by atoms with Crippen molar-refractivity contribution >= 4 is 0 Å². The molecule has 15 heavy (non-hydrogen) atoms. The van der Waals surface area contributed by atoms with Crippen molar-refractivity contribution in [3.05, 3.63) is 24.3 Å². The summed E-state index contributed by atoms with van der Waals surface area (Å²) in [4.78, 5) is 0. The zero-order chi connectivity index (χ0) is 11.9. The van der Waals surface area contributed by atoms with E-state index in [2.05, 4.69) is 39.5 Å². The normalized spacial score (nSPS) is 29.3. The fourth-order valence-corrected chi connectivity index (χ4v) is 1.98. The first-order valence-electron chi connectivity index (χ1n) is 6.42. The largest absolute Gasteiger partial charge is 0.0998 e. The van der Waals surface area contributed by atoms with Gasteiger partial charge in [0.05, 0.1) is 0 Å². The molecular formula is C15H28. The van der Waals surface area contributed by atoms with Gasteiger partial charge in [-0.1, -0.05) is 58.9 Å². The van der Waals surface area contributed by atoms with Gasteiger partial charge in [-0.15, -0.1) is 0 Å². The summed E-state index contributed by atoms with van der Waals surface area (Å²) in [5, 5.41) is 0. The van der Waals surface area contributed by atoms with E-state index in [4.69, 9.17) is 0 Å². The van der Waals surface area contributed by atoms with Crippen LogP contribution in [0.25, 0.3) is 0 Å². The minimum absolute atomic E-state index is 0.402. The minimum Gasteiger partial charge on any atom is -0.0998 e. The Morgan fingerprint density at radius 2 is 2.07 bits per heavy atom. The van der Waals surface area contributed by atoms with E-state index in [-0.39, 0.29) is 0 Å². The van der Waals surface area contributed by atoms with Crippen LogP contribution in [0.5, 0.6) is 0 Å². The maximum absolute atomic E-state index is 4.10. The van der Waals surface area contributed by atoms with Crippen LogP contribution in [0.15, 0.2) is 24.3 Å². The van der Waals surface area contributed by atoms with Crippen molar-refractivity contribution in [2.24, 2.45) is 11.3 Å². The molecule has 0 saturated carbocycles. The van der Waals surface area contributed by atoms with Gasteiger partial charge in [-0.25, -0.2) is 0 Å². The highest BCUT2D eigenvalue weighted by Crippen LogP contribution is 2.38. The van der Waals surface area contributed by atoms with Gasteiger partial charge in [0, 0.05) is 0 Å². The molecule has 0 N–H and O–H groups in total. The molecule has 1 aliphatic carbocycles. The predicted octanol–water partition coefficient (Wildman–Crippen LogP) is 5.36. The Bertz CT molecular complexity index is 212. The third-order valence-electron chi connectivity index (χ3n) is 3.15. The lowest BCUT2D eigenvalue weighted by atomic mass is 9.74. The van der Waals surface area contributed by atoms with Crippen molar-refractivity contribution in [2.45, 2.75) is 60.3 Å². The van der Waals surface area contributed by atoms with Gasteiger partial charge in [0.25, 0.3) is 0 Å². The zero-order valence-electron chi connectivity index (χ0n) is 11.3. The summed E-state index contributed by atoms with van der Waals surface area (Å²) in [6.45, 7) is 14.9. The molecule has 0 spiro atoms. The van der Waals surface area contributed by atoms with E-state index in [1.807, 2.05) is 13.8 Å². The predicted molar refractivity (Wildman–Crippen MR) is 71.0 cm³/mol. The van der Waals surface area contributed by atoms with Crippen molar-refractivity contribution in [3.63, 3.8) is 0 Å². The van der Waals surface area contributed by atoms with Crippen molar-refractivity contribution < 1.29 is 0 Å². The van der Waals surface area contributed by atoms with E-state index >= 15 is 0 Å². The monoisotopic (exact) mass is 208 g/mol. The molecule has 88 valence electrons. The van der Waals surface area contributed by atoms with E-state index < -0.39 is 0 Å². The molecule has 0 saturated heterocycles. The molecule has 0 radical (unpaired) electrons. The molecular weight excluding hydrogens is 180 g/mol. The first-order chi connectivity index (χ1) is 7.06. The summed E-state index contributed by atoms with van der Waals surface area (Å²) >= 11 is 0. The van der Waals surface area contributed by atoms with E-state index in [1.54, 1.807) is 0 Å². The van der Waals surface area contributed by atoms with Crippen LogP contribution in [-0.2, 0) is 0 Å². The molecule has 0 fully saturated rings. The third kappa shape index (κ3) is 5.20. The molecule has 0 amide bonds. The van der Waals surface area contributed by atoms with Crippen molar-refractivity contribution in [1.82, 2.24) is 0 Å². The standard InChI is InChI=1S/C13H22.C2H6/c1-5-11(2)10-13(4)8-6-12(3)7-9-13;1-2/h6,8,12H,2,5,7,9-10H2,1,3-4H3;1-2H3. The second-order valence-electron chi connectivity index (χ2n) is 4.81. The fourth-order valence-electron chi connectivity index (χ4n) is 1.98. The highest BCUT2D eigenvalue weighted by atomic mass is 14.3. The first kappa shape index (κ1) is 14.5. The molecule has 2 unspecified atom stereocenters. The average molecular weight is 208 g/mol. The lowest BCUT2D eigenvalue weighted by molar-refractivity contribution is 0.332. The van der Waals surface area contributed by atoms with Crippen LogP contribution in [0, 0.1) is 11.3 Å². The molecule has 0 bridgehead atoms. The molecule has 0 heteroatoms. The Labute approximate surface area is 96.5 Å². The van der Waals surface area contributed by atoms with Crippen molar-refractivity contribution in [3.8, 4) is 0 Å². The Balaban J connectivity index is 0.000000921. The summed E-state index contributed by atoms with van der Waals surface area (Å²) in [5.41, 5.74) is 1.79. The van der Waals surface area contributed by atoms with Gasteiger partial charge < -0.3 is 0 Å². The zero-order valence-corrected chi connectivity index (χ0v) is 11.3. The molecule has 0 heterocycles. The summed E-state index contributed by atoms with van der Waals surface area (Å²) in [5.74, 6) is 0.781. The highest BCUT2D eigenvalue weighted by molar-refractivity contribution is 5.10. The van der Waals surface area contributed by atoms with Gasteiger partial charge in [-0.2, -0.15) is 0 Å². The Morgan fingerprint density at radius 1 is 1.47 bits per heavy atom.